The number of hydrogen-bond acceptors (Lipinski definition) is 2. The first-order chi connectivity index (χ1) is 4.24. The molecule has 0 bridgehead atoms. The lowest BCUT2D eigenvalue weighted by Gasteiger charge is -1.78. The third-order valence-corrected chi connectivity index (χ3v) is 1.23. The topological polar surface area (TPSA) is 52.5 Å². The molecule has 1 aromatic heterocycles. The fourth-order valence-electron chi connectivity index (χ4n) is 0.601. The molecule has 0 fully saturated rings. The molecule has 3 nitrogen and oxygen atoms in total. The van der Waals surface area contributed by atoms with Gasteiger partial charge in [-0.3, -0.25) is 0 Å². The van der Waals surface area contributed by atoms with E-state index < -0.39 is 0 Å². The molecule has 46 valence electrons. The summed E-state index contributed by atoms with van der Waals surface area (Å²) >= 11 is 0. The average Bonchev–Trinajstić information content (AvgIpc) is 2.13. The number of aromatic amines is 1. The lowest BCUT2D eigenvalue weighted by atomic mass is 10.4. The Balaban J connectivity index is 3.16. The lowest BCUT2D eigenvalue weighted by Crippen LogP contribution is -1.73. The summed E-state index contributed by atoms with van der Waals surface area (Å²) in [6, 6.07) is 1.92. The van der Waals surface area contributed by atoms with Gasteiger partial charge in [0.1, 0.15) is 6.07 Å². The molecule has 1 heterocycles. The zero-order valence-electron chi connectivity index (χ0n) is 5.39. The number of nitriles is 1. The van der Waals surface area contributed by atoms with Gasteiger partial charge in [-0.05, 0) is 13.8 Å². The van der Waals surface area contributed by atoms with Crippen LogP contribution >= 0.6 is 0 Å². The van der Waals surface area contributed by atoms with Crippen LogP contribution in [0, 0.1) is 25.2 Å². The first-order valence-corrected chi connectivity index (χ1v) is 2.67. The van der Waals surface area contributed by atoms with Crippen LogP contribution in [-0.4, -0.2) is 9.97 Å². The van der Waals surface area contributed by atoms with Crippen molar-refractivity contribution < 1.29 is 0 Å². The molecule has 0 aliphatic carbocycles. The van der Waals surface area contributed by atoms with Crippen LogP contribution in [-0.2, 0) is 0 Å². The second kappa shape index (κ2) is 1.90. The van der Waals surface area contributed by atoms with Gasteiger partial charge >= 0.3 is 0 Å². The minimum atomic E-state index is 0.394. The number of hydrogen-bond donors (Lipinski definition) is 1. The minimum absolute atomic E-state index is 0.394. The standard InChI is InChI=1S/C6H7N3/c1-4-5(2)9-6(3-7)8-4/h1-2H3,(H,8,9). The lowest BCUT2D eigenvalue weighted by molar-refractivity contribution is 1.19. The van der Waals surface area contributed by atoms with E-state index in [0.717, 1.165) is 11.4 Å². The van der Waals surface area contributed by atoms with Crippen molar-refractivity contribution in [2.75, 3.05) is 0 Å². The van der Waals surface area contributed by atoms with Gasteiger partial charge in [0.05, 0.1) is 5.69 Å². The Bertz CT molecular complexity index is 234. The molecule has 0 saturated carbocycles. The minimum Gasteiger partial charge on any atom is -0.333 e. The summed E-state index contributed by atoms with van der Waals surface area (Å²) in [5.74, 6) is 0.394. The summed E-state index contributed by atoms with van der Waals surface area (Å²) < 4.78 is 0. The SMILES string of the molecule is Cc1nc(C#N)[nH]c1C. The molecule has 0 aliphatic rings. The van der Waals surface area contributed by atoms with Crippen molar-refractivity contribution in [2.24, 2.45) is 0 Å². The van der Waals surface area contributed by atoms with Gasteiger partial charge in [0.25, 0.3) is 0 Å². The molecular weight excluding hydrogens is 114 g/mol. The maximum Gasteiger partial charge on any atom is 0.210 e. The van der Waals surface area contributed by atoms with E-state index in [0.29, 0.717) is 5.82 Å². The van der Waals surface area contributed by atoms with Crippen LogP contribution in [0.3, 0.4) is 0 Å². The number of H-pyrrole nitrogens is 1. The van der Waals surface area contributed by atoms with Crippen molar-refractivity contribution in [3.8, 4) is 6.07 Å². The van der Waals surface area contributed by atoms with Gasteiger partial charge < -0.3 is 4.98 Å². The molecule has 0 amide bonds. The number of aromatic nitrogens is 2. The highest BCUT2D eigenvalue weighted by Gasteiger charge is 1.98. The van der Waals surface area contributed by atoms with Crippen molar-refractivity contribution in [1.82, 2.24) is 9.97 Å². The van der Waals surface area contributed by atoms with Crippen LogP contribution in [0.15, 0.2) is 0 Å². The molecule has 0 saturated heterocycles. The maximum absolute atomic E-state index is 8.33. The average molecular weight is 121 g/mol. The van der Waals surface area contributed by atoms with E-state index in [9.17, 15) is 0 Å². The van der Waals surface area contributed by atoms with Crippen LogP contribution in [0.4, 0.5) is 0 Å². The predicted molar refractivity (Wildman–Crippen MR) is 32.8 cm³/mol. The van der Waals surface area contributed by atoms with E-state index >= 15 is 0 Å². The van der Waals surface area contributed by atoms with Gasteiger partial charge in [-0.25, -0.2) is 4.98 Å². The zero-order chi connectivity index (χ0) is 6.85. The Hall–Kier alpha value is -1.30. The van der Waals surface area contributed by atoms with E-state index in [-0.39, 0.29) is 0 Å². The number of nitrogens with zero attached hydrogens (tertiary/aromatic N) is 2. The van der Waals surface area contributed by atoms with E-state index in [4.69, 9.17) is 5.26 Å². The monoisotopic (exact) mass is 121 g/mol. The highest BCUT2D eigenvalue weighted by molar-refractivity contribution is 5.18. The first kappa shape index (κ1) is 5.83. The Morgan fingerprint density at radius 3 is 2.44 bits per heavy atom. The van der Waals surface area contributed by atoms with Crippen LogP contribution in [0.25, 0.3) is 0 Å². The summed E-state index contributed by atoms with van der Waals surface area (Å²) in [6.45, 7) is 3.76. The molecule has 0 aromatic carbocycles. The van der Waals surface area contributed by atoms with Crippen LogP contribution in [0.5, 0.6) is 0 Å². The van der Waals surface area contributed by atoms with E-state index in [1.165, 1.54) is 0 Å². The molecule has 0 atom stereocenters. The number of imidazole rings is 1. The maximum atomic E-state index is 8.33. The highest BCUT2D eigenvalue weighted by atomic mass is 14.9. The smallest absolute Gasteiger partial charge is 0.210 e. The fraction of sp³-hybridized carbons (Fsp3) is 0.333. The van der Waals surface area contributed by atoms with Crippen molar-refractivity contribution in [3.63, 3.8) is 0 Å². The Kier molecular flexibility index (Phi) is 1.23. The normalized spacial score (nSPS) is 9.00. The van der Waals surface area contributed by atoms with Crippen LogP contribution < -0.4 is 0 Å². The summed E-state index contributed by atoms with van der Waals surface area (Å²) in [4.78, 5) is 6.73. The second-order valence-corrected chi connectivity index (χ2v) is 1.91. The molecule has 1 N–H and O–H groups in total. The third kappa shape index (κ3) is 0.918. The largest absolute Gasteiger partial charge is 0.333 e. The third-order valence-electron chi connectivity index (χ3n) is 1.23. The molecule has 0 radical (unpaired) electrons. The van der Waals surface area contributed by atoms with Gasteiger partial charge in [0.15, 0.2) is 0 Å². The van der Waals surface area contributed by atoms with Crippen molar-refractivity contribution >= 4 is 0 Å². The van der Waals surface area contributed by atoms with E-state index in [1.807, 2.05) is 19.9 Å². The summed E-state index contributed by atoms with van der Waals surface area (Å²) in [5, 5.41) is 8.33. The Labute approximate surface area is 53.3 Å². The zero-order valence-corrected chi connectivity index (χ0v) is 5.39. The van der Waals surface area contributed by atoms with Crippen molar-refractivity contribution in [2.45, 2.75) is 13.8 Å². The molecule has 1 aromatic rings. The summed E-state index contributed by atoms with van der Waals surface area (Å²) in [6.07, 6.45) is 0. The van der Waals surface area contributed by atoms with Crippen molar-refractivity contribution in [3.05, 3.63) is 17.2 Å². The van der Waals surface area contributed by atoms with Gasteiger partial charge in [-0.1, -0.05) is 0 Å². The second-order valence-electron chi connectivity index (χ2n) is 1.91. The van der Waals surface area contributed by atoms with Gasteiger partial charge in [0, 0.05) is 5.69 Å². The van der Waals surface area contributed by atoms with Crippen molar-refractivity contribution in [1.29, 1.82) is 5.26 Å². The molecule has 9 heavy (non-hydrogen) atoms. The van der Waals surface area contributed by atoms with Gasteiger partial charge in [-0.15, -0.1) is 0 Å². The first-order valence-electron chi connectivity index (χ1n) is 2.67. The van der Waals surface area contributed by atoms with Crippen LogP contribution in [0.1, 0.15) is 17.2 Å². The van der Waals surface area contributed by atoms with Gasteiger partial charge in [0.2, 0.25) is 5.82 Å². The van der Waals surface area contributed by atoms with E-state index in [2.05, 4.69) is 9.97 Å². The molecular formula is C6H7N3. The van der Waals surface area contributed by atoms with Crippen LogP contribution in [0.2, 0.25) is 0 Å². The quantitative estimate of drug-likeness (QED) is 0.554. The number of aryl methyl sites for hydroxylation is 2. The predicted octanol–water partition coefficient (Wildman–Crippen LogP) is 0.898. The number of rotatable bonds is 0. The van der Waals surface area contributed by atoms with Gasteiger partial charge in [-0.2, -0.15) is 5.26 Å². The molecule has 1 rings (SSSR count). The summed E-state index contributed by atoms with van der Waals surface area (Å²) in [5.41, 5.74) is 1.86. The Morgan fingerprint density at radius 1 is 1.56 bits per heavy atom. The molecule has 0 aliphatic heterocycles. The molecule has 3 heteroatoms. The Morgan fingerprint density at radius 2 is 2.22 bits per heavy atom. The summed E-state index contributed by atoms with van der Waals surface area (Å²) in [7, 11) is 0. The molecule has 0 unspecified atom stereocenters. The highest BCUT2D eigenvalue weighted by Crippen LogP contribution is 2.00. The number of nitrogens with one attached hydrogen (secondary N) is 1. The van der Waals surface area contributed by atoms with E-state index in [1.54, 1.807) is 0 Å². The molecule has 0 spiro atoms. The fourth-order valence-corrected chi connectivity index (χ4v) is 0.601.